The van der Waals surface area contributed by atoms with Gasteiger partial charge in [-0.05, 0) is 134 Å². The Morgan fingerprint density at radius 2 is 1.44 bits per heavy atom. The number of benzene rings is 2. The molecule has 0 heterocycles. The average Bonchev–Trinajstić information content (AvgIpc) is 2.47. The molecule has 0 saturated heterocycles. The molecular formula is C18H19I4NO2. The number of hydrogen-bond acceptors (Lipinski definition) is 3. The van der Waals surface area contributed by atoms with Gasteiger partial charge < -0.3 is 15.2 Å². The van der Waals surface area contributed by atoms with Crippen molar-refractivity contribution in [1.29, 1.82) is 0 Å². The molecule has 0 aromatic heterocycles. The topological polar surface area (TPSA) is 41.5 Å². The Hall–Kier alpha value is 0.920. The van der Waals surface area contributed by atoms with Crippen LogP contribution in [0.1, 0.15) is 26.3 Å². The van der Waals surface area contributed by atoms with E-state index in [1.165, 1.54) is 5.56 Å². The van der Waals surface area contributed by atoms with E-state index in [9.17, 15) is 5.11 Å². The normalized spacial score (nSPS) is 12.5. The molecule has 0 spiro atoms. The lowest BCUT2D eigenvalue weighted by Gasteiger charge is -2.18. The molecule has 136 valence electrons. The predicted octanol–water partition coefficient (Wildman–Crippen LogP) is 6.53. The van der Waals surface area contributed by atoms with Crippen LogP contribution in [0.3, 0.4) is 0 Å². The first-order valence-corrected chi connectivity index (χ1v) is 12.1. The van der Waals surface area contributed by atoms with E-state index in [0.29, 0.717) is 17.8 Å². The van der Waals surface area contributed by atoms with Gasteiger partial charge in [0.2, 0.25) is 0 Å². The Morgan fingerprint density at radius 3 is 1.92 bits per heavy atom. The second kappa shape index (κ2) is 9.92. The van der Waals surface area contributed by atoms with E-state index in [0.717, 1.165) is 32.2 Å². The van der Waals surface area contributed by atoms with E-state index >= 15 is 0 Å². The summed E-state index contributed by atoms with van der Waals surface area (Å²) in [6.07, 6.45) is 0.986. The smallest absolute Gasteiger partial charge is 0.154 e. The van der Waals surface area contributed by atoms with Crippen LogP contribution in [0.2, 0.25) is 0 Å². The van der Waals surface area contributed by atoms with E-state index in [2.05, 4.69) is 129 Å². The summed E-state index contributed by atoms with van der Waals surface area (Å²) in [6.45, 7) is 6.55. The maximum Gasteiger partial charge on any atom is 0.154 e. The summed E-state index contributed by atoms with van der Waals surface area (Å²) < 4.78 is 9.89. The lowest BCUT2D eigenvalue weighted by atomic mass is 10.1. The molecule has 0 bridgehead atoms. The van der Waals surface area contributed by atoms with Gasteiger partial charge in [0.25, 0.3) is 0 Å². The van der Waals surface area contributed by atoms with E-state index in [4.69, 9.17) is 4.74 Å². The van der Waals surface area contributed by atoms with Gasteiger partial charge in [-0.2, -0.15) is 0 Å². The maximum atomic E-state index is 9.91. The Balaban J connectivity index is 2.23. The number of phenols is 1. The zero-order chi connectivity index (χ0) is 18.7. The van der Waals surface area contributed by atoms with Crippen molar-refractivity contribution in [2.45, 2.75) is 39.3 Å². The van der Waals surface area contributed by atoms with Crippen molar-refractivity contribution < 1.29 is 9.84 Å². The van der Waals surface area contributed by atoms with Crippen LogP contribution in [0.15, 0.2) is 24.3 Å². The summed E-state index contributed by atoms with van der Waals surface area (Å²) in [7, 11) is 0. The van der Waals surface area contributed by atoms with Gasteiger partial charge in [-0.15, -0.1) is 0 Å². The molecule has 1 unspecified atom stereocenters. The molecule has 7 heteroatoms. The second-order valence-corrected chi connectivity index (χ2v) is 10.8. The molecule has 2 N–H and O–H groups in total. The first-order valence-electron chi connectivity index (χ1n) is 7.77. The fraction of sp³-hybridized carbons (Fsp3) is 0.333. The molecule has 1 atom stereocenters. The average molecular weight is 789 g/mol. The molecule has 0 amide bonds. The van der Waals surface area contributed by atoms with E-state index < -0.39 is 0 Å². The minimum Gasteiger partial charge on any atom is -0.506 e. The van der Waals surface area contributed by atoms with Crippen LogP contribution < -0.4 is 10.1 Å². The molecule has 0 radical (unpaired) electrons. The number of aromatic hydroxyl groups is 1. The molecule has 0 aliphatic heterocycles. The second-order valence-electron chi connectivity index (χ2n) is 6.15. The standard InChI is InChI=1S/C18H19I4NO2/c1-9(2)23-10(3)4-11-5-15(21)18(16(22)6-11)25-12-7-13(19)17(24)14(20)8-12/h5-10,23-24H,4H2,1-3H3. The Bertz CT molecular complexity index is 719. The fourth-order valence-electron chi connectivity index (χ4n) is 2.53. The van der Waals surface area contributed by atoms with Gasteiger partial charge in [-0.1, -0.05) is 13.8 Å². The number of hydrogen-bond donors (Lipinski definition) is 2. The lowest BCUT2D eigenvalue weighted by molar-refractivity contribution is 0.454. The maximum absolute atomic E-state index is 9.91. The molecule has 2 aromatic rings. The van der Waals surface area contributed by atoms with Crippen LogP contribution in [-0.4, -0.2) is 17.2 Å². The molecule has 0 aliphatic rings. The minimum atomic E-state index is 0.305. The van der Waals surface area contributed by atoms with Gasteiger partial charge in [0, 0.05) is 12.1 Å². The Kier molecular flexibility index (Phi) is 8.81. The van der Waals surface area contributed by atoms with Crippen molar-refractivity contribution in [3.63, 3.8) is 0 Å². The monoisotopic (exact) mass is 789 g/mol. The zero-order valence-corrected chi connectivity index (χ0v) is 22.7. The van der Waals surface area contributed by atoms with Crippen LogP contribution in [0.5, 0.6) is 17.2 Å². The summed E-state index contributed by atoms with van der Waals surface area (Å²) in [6, 6.07) is 8.99. The number of rotatable bonds is 6. The summed E-state index contributed by atoms with van der Waals surface area (Å²) in [5.74, 6) is 1.91. The number of nitrogens with one attached hydrogen (secondary N) is 1. The molecule has 3 nitrogen and oxygen atoms in total. The third kappa shape index (κ3) is 6.49. The fourth-order valence-corrected chi connectivity index (χ4v) is 6.36. The van der Waals surface area contributed by atoms with Crippen molar-refractivity contribution in [1.82, 2.24) is 5.32 Å². The van der Waals surface area contributed by atoms with Crippen LogP contribution in [0.25, 0.3) is 0 Å². The molecule has 0 fully saturated rings. The Morgan fingerprint density at radius 1 is 0.920 bits per heavy atom. The van der Waals surface area contributed by atoms with E-state index in [1.54, 1.807) is 0 Å². The van der Waals surface area contributed by atoms with Crippen molar-refractivity contribution >= 4 is 90.4 Å². The van der Waals surface area contributed by atoms with Crippen molar-refractivity contribution in [2.75, 3.05) is 0 Å². The largest absolute Gasteiger partial charge is 0.506 e. The highest BCUT2D eigenvalue weighted by molar-refractivity contribution is 14.1. The molecule has 2 aromatic carbocycles. The minimum absolute atomic E-state index is 0.305. The molecule has 0 aliphatic carbocycles. The molecular weight excluding hydrogens is 770 g/mol. The lowest BCUT2D eigenvalue weighted by Crippen LogP contribution is -2.33. The van der Waals surface area contributed by atoms with E-state index in [1.807, 2.05) is 12.1 Å². The SMILES string of the molecule is CC(C)NC(C)Cc1cc(I)c(Oc2cc(I)c(O)c(I)c2)c(I)c1. The quantitative estimate of drug-likeness (QED) is 0.328. The van der Waals surface area contributed by atoms with Crippen molar-refractivity contribution in [2.24, 2.45) is 0 Å². The molecule has 0 saturated carbocycles. The van der Waals surface area contributed by atoms with Crippen LogP contribution in [0.4, 0.5) is 0 Å². The third-order valence-electron chi connectivity index (χ3n) is 3.43. The van der Waals surface area contributed by atoms with Gasteiger partial charge >= 0.3 is 0 Å². The zero-order valence-electron chi connectivity index (χ0n) is 14.0. The predicted molar refractivity (Wildman–Crippen MR) is 137 cm³/mol. The van der Waals surface area contributed by atoms with Crippen LogP contribution >= 0.6 is 90.4 Å². The molecule has 2 rings (SSSR count). The van der Waals surface area contributed by atoms with Crippen LogP contribution in [0, 0.1) is 14.3 Å². The first kappa shape index (κ1) is 22.2. The van der Waals surface area contributed by atoms with Gasteiger partial charge in [0.05, 0.1) is 14.3 Å². The van der Waals surface area contributed by atoms with Gasteiger partial charge in [0.15, 0.2) is 5.75 Å². The van der Waals surface area contributed by atoms with Crippen molar-refractivity contribution in [3.8, 4) is 17.2 Å². The summed E-state index contributed by atoms with van der Waals surface area (Å²) in [5, 5.41) is 13.4. The summed E-state index contributed by atoms with van der Waals surface area (Å²) in [5.41, 5.74) is 1.30. The van der Waals surface area contributed by atoms with E-state index in [-0.39, 0.29) is 0 Å². The first-order chi connectivity index (χ1) is 11.7. The van der Waals surface area contributed by atoms with Crippen molar-refractivity contribution in [3.05, 3.63) is 44.1 Å². The summed E-state index contributed by atoms with van der Waals surface area (Å²) >= 11 is 8.90. The van der Waals surface area contributed by atoms with Gasteiger partial charge in [-0.25, -0.2) is 0 Å². The molecule has 25 heavy (non-hydrogen) atoms. The van der Waals surface area contributed by atoms with Crippen LogP contribution in [-0.2, 0) is 6.42 Å². The van der Waals surface area contributed by atoms with Gasteiger partial charge in [-0.3, -0.25) is 0 Å². The summed E-state index contributed by atoms with van der Waals surface area (Å²) in [4.78, 5) is 0. The third-order valence-corrected chi connectivity index (χ3v) is 6.68. The number of halogens is 4. The van der Waals surface area contributed by atoms with Gasteiger partial charge in [0.1, 0.15) is 11.5 Å². The number of phenolic OH excluding ortho intramolecular Hbond substituents is 1. The number of ether oxygens (including phenoxy) is 1. The Labute approximate surface area is 203 Å². The highest BCUT2D eigenvalue weighted by Crippen LogP contribution is 2.36. The highest BCUT2D eigenvalue weighted by Gasteiger charge is 2.14. The highest BCUT2D eigenvalue weighted by atomic mass is 127.